The summed E-state index contributed by atoms with van der Waals surface area (Å²) in [5.41, 5.74) is 2.03. The third kappa shape index (κ3) is 3.52. The molecule has 0 unspecified atom stereocenters. The molecule has 142 valence electrons. The third-order valence-corrected chi connectivity index (χ3v) is 4.95. The molecule has 1 N–H and O–H groups in total. The minimum Gasteiger partial charge on any atom is -0.441 e. The number of carbonyl (C=O) groups is 1. The maximum atomic E-state index is 14.7. The van der Waals surface area contributed by atoms with Gasteiger partial charge in [0.05, 0.1) is 36.4 Å². The molecular formula is C19H21FN4O3. The number of hydrogen-bond donors (Lipinski definition) is 1. The van der Waals surface area contributed by atoms with E-state index in [0.717, 1.165) is 18.8 Å². The van der Waals surface area contributed by atoms with E-state index in [2.05, 4.69) is 9.88 Å². The highest BCUT2D eigenvalue weighted by Gasteiger charge is 2.32. The number of anilines is 3. The number of cyclic esters (lactones) is 1. The van der Waals surface area contributed by atoms with Gasteiger partial charge in [-0.15, -0.1) is 0 Å². The second-order valence-corrected chi connectivity index (χ2v) is 6.62. The molecule has 0 radical (unpaired) electrons. The lowest BCUT2D eigenvalue weighted by Gasteiger charge is -2.37. The quantitative estimate of drug-likeness (QED) is 0.884. The molecule has 3 heterocycles. The molecule has 2 aromatic rings. The first-order valence-corrected chi connectivity index (χ1v) is 8.94. The maximum Gasteiger partial charge on any atom is 0.414 e. The molecule has 2 saturated heterocycles. The van der Waals surface area contributed by atoms with Crippen LogP contribution in [0.3, 0.4) is 0 Å². The SMILES string of the molecule is O=C1O[C@@H](CO)CN1c1ccc(N2CCN(c3cccnc3)CC2)c(F)c1. The Labute approximate surface area is 156 Å². The van der Waals surface area contributed by atoms with Crippen molar-refractivity contribution in [3.05, 3.63) is 48.5 Å². The molecule has 1 amide bonds. The summed E-state index contributed by atoms with van der Waals surface area (Å²) < 4.78 is 19.7. The van der Waals surface area contributed by atoms with Crippen LogP contribution in [0.4, 0.5) is 26.2 Å². The van der Waals surface area contributed by atoms with Crippen LogP contribution in [0.5, 0.6) is 0 Å². The van der Waals surface area contributed by atoms with Gasteiger partial charge in [-0.3, -0.25) is 9.88 Å². The van der Waals surface area contributed by atoms with Crippen LogP contribution in [0.15, 0.2) is 42.7 Å². The van der Waals surface area contributed by atoms with E-state index in [1.165, 1.54) is 11.0 Å². The van der Waals surface area contributed by atoms with Crippen LogP contribution in [-0.2, 0) is 4.74 Å². The summed E-state index contributed by atoms with van der Waals surface area (Å²) in [5, 5.41) is 9.13. The van der Waals surface area contributed by atoms with E-state index in [1.807, 2.05) is 23.2 Å². The van der Waals surface area contributed by atoms with Crippen LogP contribution in [0.1, 0.15) is 0 Å². The number of nitrogens with zero attached hydrogens (tertiary/aromatic N) is 4. The average molecular weight is 372 g/mol. The van der Waals surface area contributed by atoms with Crippen molar-refractivity contribution in [3.63, 3.8) is 0 Å². The average Bonchev–Trinajstić information content (AvgIpc) is 3.10. The van der Waals surface area contributed by atoms with E-state index >= 15 is 0 Å². The third-order valence-electron chi connectivity index (χ3n) is 4.95. The number of pyridine rings is 1. The van der Waals surface area contributed by atoms with Crippen molar-refractivity contribution >= 4 is 23.2 Å². The molecule has 0 spiro atoms. The van der Waals surface area contributed by atoms with Gasteiger partial charge in [0, 0.05) is 32.4 Å². The van der Waals surface area contributed by atoms with E-state index in [-0.39, 0.29) is 19.0 Å². The van der Waals surface area contributed by atoms with E-state index in [0.29, 0.717) is 24.5 Å². The van der Waals surface area contributed by atoms with Crippen LogP contribution >= 0.6 is 0 Å². The number of benzene rings is 1. The van der Waals surface area contributed by atoms with E-state index in [1.54, 1.807) is 18.3 Å². The van der Waals surface area contributed by atoms with Gasteiger partial charge in [-0.2, -0.15) is 0 Å². The summed E-state index contributed by atoms with van der Waals surface area (Å²) >= 11 is 0. The first-order valence-electron chi connectivity index (χ1n) is 8.94. The smallest absolute Gasteiger partial charge is 0.414 e. The molecule has 8 heteroatoms. The lowest BCUT2D eigenvalue weighted by atomic mass is 10.2. The fourth-order valence-electron chi connectivity index (χ4n) is 3.49. The zero-order chi connectivity index (χ0) is 18.8. The normalized spacial score (nSPS) is 20.1. The number of aromatic nitrogens is 1. The first-order chi connectivity index (χ1) is 13.2. The van der Waals surface area contributed by atoms with Gasteiger partial charge < -0.3 is 19.6 Å². The standard InChI is InChI=1S/C19H21FN4O3/c20-17-10-14(24-12-16(13-25)27-19(24)26)3-4-18(17)23-8-6-22(7-9-23)15-2-1-5-21-11-15/h1-5,10-11,16,25H,6-9,12-13H2/t16-/m1/s1. The van der Waals surface area contributed by atoms with E-state index in [4.69, 9.17) is 9.84 Å². The van der Waals surface area contributed by atoms with Crippen molar-refractivity contribution in [3.8, 4) is 0 Å². The second-order valence-electron chi connectivity index (χ2n) is 6.62. The maximum absolute atomic E-state index is 14.7. The Balaban J connectivity index is 1.44. The van der Waals surface area contributed by atoms with Gasteiger partial charge in [0.15, 0.2) is 0 Å². The molecule has 2 fully saturated rings. The highest BCUT2D eigenvalue weighted by molar-refractivity contribution is 5.90. The lowest BCUT2D eigenvalue weighted by molar-refractivity contribution is 0.0963. The van der Waals surface area contributed by atoms with Gasteiger partial charge in [-0.05, 0) is 30.3 Å². The Morgan fingerprint density at radius 2 is 1.93 bits per heavy atom. The van der Waals surface area contributed by atoms with Crippen molar-refractivity contribution in [2.75, 3.05) is 54.0 Å². The molecule has 1 aromatic heterocycles. The Morgan fingerprint density at radius 3 is 2.56 bits per heavy atom. The number of aliphatic hydroxyl groups is 1. The molecule has 7 nitrogen and oxygen atoms in total. The van der Waals surface area contributed by atoms with Crippen molar-refractivity contribution in [1.82, 2.24) is 4.98 Å². The molecule has 4 rings (SSSR count). The number of carbonyl (C=O) groups excluding carboxylic acids is 1. The molecule has 0 bridgehead atoms. The summed E-state index contributed by atoms with van der Waals surface area (Å²) in [6.45, 7) is 2.93. The number of aliphatic hydroxyl groups excluding tert-OH is 1. The summed E-state index contributed by atoms with van der Waals surface area (Å²) in [6.07, 6.45) is 2.45. The van der Waals surface area contributed by atoms with Crippen molar-refractivity contribution in [2.24, 2.45) is 0 Å². The van der Waals surface area contributed by atoms with Crippen molar-refractivity contribution < 1.29 is 19.0 Å². The zero-order valence-electron chi connectivity index (χ0n) is 14.8. The van der Waals surface area contributed by atoms with Crippen molar-refractivity contribution in [2.45, 2.75) is 6.10 Å². The van der Waals surface area contributed by atoms with Crippen LogP contribution in [0.25, 0.3) is 0 Å². The number of halogens is 1. The topological polar surface area (TPSA) is 69.1 Å². The van der Waals surface area contributed by atoms with Crippen LogP contribution in [0.2, 0.25) is 0 Å². The molecular weight excluding hydrogens is 351 g/mol. The van der Waals surface area contributed by atoms with Crippen LogP contribution < -0.4 is 14.7 Å². The summed E-state index contributed by atoms with van der Waals surface area (Å²) in [7, 11) is 0. The highest BCUT2D eigenvalue weighted by Crippen LogP contribution is 2.29. The minimum atomic E-state index is -0.569. The van der Waals surface area contributed by atoms with Gasteiger partial charge in [0.2, 0.25) is 0 Å². The number of ether oxygens (including phenoxy) is 1. The molecule has 2 aliphatic rings. The predicted octanol–water partition coefficient (Wildman–Crippen LogP) is 1.86. The van der Waals surface area contributed by atoms with Crippen molar-refractivity contribution in [1.29, 1.82) is 0 Å². The molecule has 1 aromatic carbocycles. The lowest BCUT2D eigenvalue weighted by Crippen LogP contribution is -2.46. The molecule has 2 aliphatic heterocycles. The highest BCUT2D eigenvalue weighted by atomic mass is 19.1. The summed E-state index contributed by atoms with van der Waals surface area (Å²) in [4.78, 5) is 21.6. The largest absolute Gasteiger partial charge is 0.441 e. The van der Waals surface area contributed by atoms with E-state index in [9.17, 15) is 9.18 Å². The molecule has 1 atom stereocenters. The molecule has 0 aliphatic carbocycles. The van der Waals surface area contributed by atoms with E-state index < -0.39 is 12.2 Å². The van der Waals surface area contributed by atoms with Gasteiger partial charge in [0.25, 0.3) is 0 Å². The first kappa shape index (κ1) is 17.5. The predicted molar refractivity (Wildman–Crippen MR) is 99.8 cm³/mol. The Bertz CT molecular complexity index is 812. The van der Waals surface area contributed by atoms with Gasteiger partial charge in [-0.25, -0.2) is 9.18 Å². The van der Waals surface area contributed by atoms with Crippen LogP contribution in [0, 0.1) is 5.82 Å². The fourth-order valence-corrected chi connectivity index (χ4v) is 3.49. The Hall–Kier alpha value is -2.87. The number of rotatable bonds is 4. The molecule has 27 heavy (non-hydrogen) atoms. The van der Waals surface area contributed by atoms with Gasteiger partial charge >= 0.3 is 6.09 Å². The Kier molecular flexibility index (Phi) is 4.81. The monoisotopic (exact) mass is 372 g/mol. The fraction of sp³-hybridized carbons (Fsp3) is 0.368. The van der Waals surface area contributed by atoms with Gasteiger partial charge in [0.1, 0.15) is 11.9 Å². The zero-order valence-corrected chi connectivity index (χ0v) is 14.8. The van der Waals surface area contributed by atoms with Crippen LogP contribution in [-0.4, -0.2) is 61.6 Å². The van der Waals surface area contributed by atoms with Gasteiger partial charge in [-0.1, -0.05) is 0 Å². The molecule has 0 saturated carbocycles. The Morgan fingerprint density at radius 1 is 1.15 bits per heavy atom. The number of amides is 1. The minimum absolute atomic E-state index is 0.220. The number of piperazine rings is 1. The summed E-state index contributed by atoms with van der Waals surface area (Å²) in [6, 6.07) is 8.69. The number of hydrogen-bond acceptors (Lipinski definition) is 6. The summed E-state index contributed by atoms with van der Waals surface area (Å²) in [5.74, 6) is -0.373. The second kappa shape index (κ2) is 7.40.